The van der Waals surface area contributed by atoms with E-state index in [1.807, 2.05) is 11.6 Å². The van der Waals surface area contributed by atoms with E-state index in [0.717, 1.165) is 31.0 Å². The number of aryl methyl sites for hydroxylation is 2. The summed E-state index contributed by atoms with van der Waals surface area (Å²) in [6.45, 7) is 3.02. The summed E-state index contributed by atoms with van der Waals surface area (Å²) in [6.07, 6.45) is 4.34. The maximum atomic E-state index is 5.69. The zero-order valence-corrected chi connectivity index (χ0v) is 8.03. The normalized spacial score (nSPS) is 18.3. The van der Waals surface area contributed by atoms with Crippen molar-refractivity contribution in [2.24, 2.45) is 5.73 Å². The Labute approximate surface area is 78.1 Å². The molecule has 0 fully saturated rings. The van der Waals surface area contributed by atoms with E-state index in [2.05, 4.69) is 10.1 Å². The van der Waals surface area contributed by atoms with E-state index in [1.54, 1.807) is 0 Å². The monoisotopic (exact) mass is 180 g/mol. The number of aromatic nitrogens is 3. The second kappa shape index (κ2) is 3.46. The highest BCUT2D eigenvalue weighted by Gasteiger charge is 2.13. The van der Waals surface area contributed by atoms with E-state index in [4.69, 9.17) is 5.73 Å². The summed E-state index contributed by atoms with van der Waals surface area (Å²) >= 11 is 0. The minimum absolute atomic E-state index is 0.157. The van der Waals surface area contributed by atoms with Crippen molar-refractivity contribution >= 4 is 0 Å². The quantitative estimate of drug-likeness (QED) is 0.721. The molecule has 1 atom stereocenters. The average molecular weight is 180 g/mol. The van der Waals surface area contributed by atoms with Gasteiger partial charge in [0.2, 0.25) is 0 Å². The molecule has 2 rings (SSSR count). The largest absolute Gasteiger partial charge is 0.328 e. The number of nitrogens with zero attached hydrogens (tertiary/aromatic N) is 3. The molecule has 0 aromatic carbocycles. The van der Waals surface area contributed by atoms with E-state index in [1.165, 1.54) is 12.8 Å². The Morgan fingerprint density at radius 2 is 2.38 bits per heavy atom. The van der Waals surface area contributed by atoms with Crippen LogP contribution in [0.4, 0.5) is 0 Å². The molecule has 1 unspecified atom stereocenters. The minimum Gasteiger partial charge on any atom is -0.328 e. The van der Waals surface area contributed by atoms with Crippen LogP contribution in [0.1, 0.15) is 31.4 Å². The first kappa shape index (κ1) is 8.69. The molecule has 0 spiro atoms. The maximum Gasteiger partial charge on any atom is 0.152 e. The van der Waals surface area contributed by atoms with Gasteiger partial charge >= 0.3 is 0 Å². The SMILES string of the molecule is CC(N)Cc1nc2n(n1)CCCC2. The van der Waals surface area contributed by atoms with Gasteiger partial charge in [0.1, 0.15) is 5.82 Å². The molecule has 2 heterocycles. The van der Waals surface area contributed by atoms with Crippen LogP contribution < -0.4 is 5.73 Å². The van der Waals surface area contributed by atoms with Gasteiger partial charge < -0.3 is 5.73 Å². The van der Waals surface area contributed by atoms with Crippen LogP contribution in [-0.2, 0) is 19.4 Å². The van der Waals surface area contributed by atoms with Crippen molar-refractivity contribution in [3.63, 3.8) is 0 Å². The maximum absolute atomic E-state index is 5.69. The zero-order chi connectivity index (χ0) is 9.26. The molecule has 1 aromatic rings. The van der Waals surface area contributed by atoms with Crippen molar-refractivity contribution in [2.75, 3.05) is 0 Å². The molecule has 0 radical (unpaired) electrons. The standard InChI is InChI=1S/C9H16N4/c1-7(10)6-8-11-9-4-2-3-5-13(9)12-8/h7H,2-6,10H2,1H3. The van der Waals surface area contributed by atoms with Crippen molar-refractivity contribution in [3.05, 3.63) is 11.6 Å². The molecule has 0 bridgehead atoms. The third kappa shape index (κ3) is 1.88. The van der Waals surface area contributed by atoms with Crippen LogP contribution in [-0.4, -0.2) is 20.8 Å². The summed E-state index contributed by atoms with van der Waals surface area (Å²) in [4.78, 5) is 4.46. The van der Waals surface area contributed by atoms with Crippen molar-refractivity contribution < 1.29 is 0 Å². The van der Waals surface area contributed by atoms with Crippen molar-refractivity contribution in [1.29, 1.82) is 0 Å². The molecule has 4 heteroatoms. The highest BCUT2D eigenvalue weighted by atomic mass is 15.3. The number of nitrogens with two attached hydrogens (primary N) is 1. The summed E-state index contributed by atoms with van der Waals surface area (Å²) in [5.41, 5.74) is 5.69. The van der Waals surface area contributed by atoms with Crippen LogP contribution in [0.15, 0.2) is 0 Å². The predicted octanol–water partition coefficient (Wildman–Crippen LogP) is 0.504. The molecule has 1 aliphatic heterocycles. The lowest BCUT2D eigenvalue weighted by Crippen LogP contribution is -2.18. The fraction of sp³-hybridized carbons (Fsp3) is 0.778. The van der Waals surface area contributed by atoms with E-state index in [-0.39, 0.29) is 6.04 Å². The molecule has 0 saturated carbocycles. The van der Waals surface area contributed by atoms with Gasteiger partial charge in [0.25, 0.3) is 0 Å². The van der Waals surface area contributed by atoms with Crippen molar-refractivity contribution in [2.45, 2.75) is 45.2 Å². The van der Waals surface area contributed by atoms with Crippen molar-refractivity contribution in [1.82, 2.24) is 14.8 Å². The molecule has 2 N–H and O–H groups in total. The van der Waals surface area contributed by atoms with E-state index < -0.39 is 0 Å². The molecule has 72 valence electrons. The lowest BCUT2D eigenvalue weighted by atomic mass is 10.2. The van der Waals surface area contributed by atoms with Crippen molar-refractivity contribution in [3.8, 4) is 0 Å². The topological polar surface area (TPSA) is 56.7 Å². The molecule has 1 aliphatic rings. The number of fused-ring (bicyclic) bond motifs is 1. The second-order valence-electron chi connectivity index (χ2n) is 3.81. The van der Waals surface area contributed by atoms with Gasteiger partial charge in [-0.3, -0.25) is 0 Å². The second-order valence-corrected chi connectivity index (χ2v) is 3.81. The van der Waals surface area contributed by atoms with Gasteiger partial charge in [-0.25, -0.2) is 9.67 Å². The van der Waals surface area contributed by atoms with Crippen LogP contribution in [0.2, 0.25) is 0 Å². The van der Waals surface area contributed by atoms with E-state index in [9.17, 15) is 0 Å². The van der Waals surface area contributed by atoms with Gasteiger partial charge in [0.15, 0.2) is 5.82 Å². The van der Waals surface area contributed by atoms with Gasteiger partial charge in [-0.1, -0.05) is 0 Å². The fourth-order valence-electron chi connectivity index (χ4n) is 1.71. The smallest absolute Gasteiger partial charge is 0.152 e. The Bertz CT molecular complexity index is 266. The van der Waals surface area contributed by atoms with Crippen LogP contribution in [0, 0.1) is 0 Å². The molecular weight excluding hydrogens is 164 g/mol. The van der Waals surface area contributed by atoms with E-state index >= 15 is 0 Å². The predicted molar refractivity (Wildman–Crippen MR) is 50.3 cm³/mol. The van der Waals surface area contributed by atoms with Gasteiger partial charge in [-0.15, -0.1) is 0 Å². The summed E-state index contributed by atoms with van der Waals surface area (Å²) in [5.74, 6) is 2.05. The molecule has 13 heavy (non-hydrogen) atoms. The Kier molecular flexibility index (Phi) is 2.31. The average Bonchev–Trinajstić information content (AvgIpc) is 2.44. The Hall–Kier alpha value is -0.900. The number of hydrogen-bond acceptors (Lipinski definition) is 3. The molecule has 0 amide bonds. The lowest BCUT2D eigenvalue weighted by Gasteiger charge is -2.09. The first-order chi connectivity index (χ1) is 6.25. The van der Waals surface area contributed by atoms with Crippen LogP contribution in [0.3, 0.4) is 0 Å². The third-order valence-electron chi connectivity index (χ3n) is 2.32. The minimum atomic E-state index is 0.157. The summed E-state index contributed by atoms with van der Waals surface area (Å²) in [7, 11) is 0. The summed E-state index contributed by atoms with van der Waals surface area (Å²) < 4.78 is 2.03. The third-order valence-corrected chi connectivity index (χ3v) is 2.32. The molecule has 0 aliphatic carbocycles. The Morgan fingerprint density at radius 1 is 1.54 bits per heavy atom. The molecular formula is C9H16N4. The highest BCUT2D eigenvalue weighted by Crippen LogP contribution is 2.12. The molecule has 1 aromatic heterocycles. The first-order valence-corrected chi connectivity index (χ1v) is 4.94. The van der Waals surface area contributed by atoms with E-state index in [0.29, 0.717) is 0 Å². The number of rotatable bonds is 2. The highest BCUT2D eigenvalue weighted by molar-refractivity contribution is 4.96. The fourth-order valence-corrected chi connectivity index (χ4v) is 1.71. The van der Waals surface area contributed by atoms with Gasteiger partial charge in [0, 0.05) is 25.4 Å². The van der Waals surface area contributed by atoms with Gasteiger partial charge in [-0.2, -0.15) is 5.10 Å². The molecule has 4 nitrogen and oxygen atoms in total. The van der Waals surface area contributed by atoms with Crippen LogP contribution >= 0.6 is 0 Å². The first-order valence-electron chi connectivity index (χ1n) is 4.94. The summed E-state index contributed by atoms with van der Waals surface area (Å²) in [6, 6.07) is 0.157. The van der Waals surface area contributed by atoms with Crippen LogP contribution in [0.5, 0.6) is 0 Å². The molecule has 0 saturated heterocycles. The van der Waals surface area contributed by atoms with Crippen LogP contribution in [0.25, 0.3) is 0 Å². The Balaban J connectivity index is 2.15. The zero-order valence-electron chi connectivity index (χ0n) is 8.03. The Morgan fingerprint density at radius 3 is 3.08 bits per heavy atom. The van der Waals surface area contributed by atoms with Gasteiger partial charge in [-0.05, 0) is 19.8 Å². The lowest BCUT2D eigenvalue weighted by molar-refractivity contribution is 0.477. The number of hydrogen-bond donors (Lipinski definition) is 1. The van der Waals surface area contributed by atoms with Gasteiger partial charge in [0.05, 0.1) is 0 Å². The summed E-state index contributed by atoms with van der Waals surface area (Å²) in [5, 5.41) is 4.42.